The van der Waals surface area contributed by atoms with Gasteiger partial charge in [-0.15, -0.1) is 0 Å². The molecule has 1 aromatic heterocycles. The van der Waals surface area contributed by atoms with Crippen molar-refractivity contribution in [2.24, 2.45) is 0 Å². The van der Waals surface area contributed by atoms with E-state index in [4.69, 9.17) is 14.7 Å². The summed E-state index contributed by atoms with van der Waals surface area (Å²) in [7, 11) is 0. The lowest BCUT2D eigenvalue weighted by Crippen LogP contribution is -2.29. The van der Waals surface area contributed by atoms with Crippen LogP contribution in [0.4, 0.5) is 0 Å². The molecule has 3 aromatic rings. The second-order valence-electron chi connectivity index (χ2n) is 6.37. The van der Waals surface area contributed by atoms with Gasteiger partial charge in [-0.3, -0.25) is 9.48 Å². The van der Waals surface area contributed by atoms with Crippen LogP contribution in [-0.2, 0) is 17.9 Å². The van der Waals surface area contributed by atoms with Crippen molar-refractivity contribution in [3.8, 4) is 17.6 Å². The molecule has 154 valence electrons. The highest BCUT2D eigenvalue weighted by atomic mass is 79.9. The number of benzene rings is 2. The summed E-state index contributed by atoms with van der Waals surface area (Å²) in [5.41, 5.74) is 2.53. The minimum Gasteiger partial charge on any atom is -0.490 e. The standard InChI is InChI=1S/C22H21BrN4O3/c1-2-29-20-11-16(12-24)10-19(23)22(20)30-15-21(28)25-13-17-6-3-4-7-18(17)14-27-9-5-8-26-27/h3-11H,2,13-15H2,1H3,(H,25,28). The average molecular weight is 469 g/mol. The molecule has 0 fully saturated rings. The van der Waals surface area contributed by atoms with Crippen LogP contribution in [0.2, 0.25) is 0 Å². The number of nitrogens with one attached hydrogen (secondary N) is 1. The molecule has 1 heterocycles. The Morgan fingerprint density at radius 3 is 2.73 bits per heavy atom. The van der Waals surface area contributed by atoms with Gasteiger partial charge in [0.25, 0.3) is 5.91 Å². The van der Waals surface area contributed by atoms with Gasteiger partial charge in [0, 0.05) is 25.0 Å². The van der Waals surface area contributed by atoms with Crippen LogP contribution in [0.5, 0.6) is 11.5 Å². The molecule has 7 nitrogen and oxygen atoms in total. The van der Waals surface area contributed by atoms with Crippen LogP contribution in [0.1, 0.15) is 23.6 Å². The third kappa shape index (κ3) is 5.61. The Bertz CT molecular complexity index is 1050. The fourth-order valence-corrected chi connectivity index (χ4v) is 3.43. The smallest absolute Gasteiger partial charge is 0.258 e. The van der Waals surface area contributed by atoms with E-state index in [9.17, 15) is 4.79 Å². The molecule has 0 bridgehead atoms. The molecule has 0 atom stereocenters. The molecule has 0 radical (unpaired) electrons. The van der Waals surface area contributed by atoms with Crippen LogP contribution in [-0.4, -0.2) is 28.9 Å². The van der Waals surface area contributed by atoms with Gasteiger partial charge in [0.15, 0.2) is 18.1 Å². The van der Waals surface area contributed by atoms with Crippen molar-refractivity contribution in [3.63, 3.8) is 0 Å². The van der Waals surface area contributed by atoms with E-state index in [0.29, 0.717) is 41.2 Å². The highest BCUT2D eigenvalue weighted by Crippen LogP contribution is 2.36. The number of nitrogens with zero attached hydrogens (tertiary/aromatic N) is 3. The fraction of sp³-hybridized carbons (Fsp3) is 0.227. The van der Waals surface area contributed by atoms with Gasteiger partial charge < -0.3 is 14.8 Å². The Kier molecular flexibility index (Phi) is 7.46. The average Bonchev–Trinajstić information content (AvgIpc) is 3.25. The van der Waals surface area contributed by atoms with E-state index >= 15 is 0 Å². The molecule has 3 rings (SSSR count). The van der Waals surface area contributed by atoms with Crippen molar-refractivity contribution >= 4 is 21.8 Å². The maximum Gasteiger partial charge on any atom is 0.258 e. The fourth-order valence-electron chi connectivity index (χ4n) is 2.87. The van der Waals surface area contributed by atoms with Gasteiger partial charge >= 0.3 is 0 Å². The van der Waals surface area contributed by atoms with Crippen LogP contribution in [0.25, 0.3) is 0 Å². The first kappa shape index (κ1) is 21.4. The lowest BCUT2D eigenvalue weighted by Gasteiger charge is -2.14. The van der Waals surface area contributed by atoms with Crippen molar-refractivity contribution in [2.75, 3.05) is 13.2 Å². The first-order chi connectivity index (χ1) is 14.6. The number of nitriles is 1. The van der Waals surface area contributed by atoms with E-state index < -0.39 is 0 Å². The molecular weight excluding hydrogens is 448 g/mol. The Balaban J connectivity index is 1.61. The highest BCUT2D eigenvalue weighted by Gasteiger charge is 2.14. The number of rotatable bonds is 9. The Morgan fingerprint density at radius 2 is 2.03 bits per heavy atom. The third-order valence-electron chi connectivity index (χ3n) is 4.27. The van der Waals surface area contributed by atoms with Gasteiger partial charge in [0.05, 0.1) is 29.3 Å². The molecule has 0 aliphatic carbocycles. The highest BCUT2D eigenvalue weighted by molar-refractivity contribution is 9.10. The normalized spacial score (nSPS) is 10.3. The van der Waals surface area contributed by atoms with Crippen molar-refractivity contribution in [3.05, 3.63) is 76.0 Å². The lowest BCUT2D eigenvalue weighted by molar-refractivity contribution is -0.123. The maximum absolute atomic E-state index is 12.4. The Morgan fingerprint density at radius 1 is 1.23 bits per heavy atom. The predicted octanol–water partition coefficient (Wildman–Crippen LogP) is 3.66. The molecule has 8 heteroatoms. The van der Waals surface area contributed by atoms with Gasteiger partial charge in [-0.25, -0.2) is 0 Å². The largest absolute Gasteiger partial charge is 0.490 e. The third-order valence-corrected chi connectivity index (χ3v) is 4.86. The number of hydrogen-bond donors (Lipinski definition) is 1. The van der Waals surface area contributed by atoms with E-state index in [0.717, 1.165) is 11.1 Å². The zero-order valence-electron chi connectivity index (χ0n) is 16.5. The number of halogens is 1. The van der Waals surface area contributed by atoms with Crippen LogP contribution >= 0.6 is 15.9 Å². The predicted molar refractivity (Wildman–Crippen MR) is 115 cm³/mol. The molecule has 0 unspecified atom stereocenters. The van der Waals surface area contributed by atoms with Crippen molar-refractivity contribution in [1.82, 2.24) is 15.1 Å². The molecule has 0 aliphatic heterocycles. The number of ether oxygens (including phenoxy) is 2. The molecular formula is C22H21BrN4O3. The first-order valence-electron chi connectivity index (χ1n) is 9.40. The lowest BCUT2D eigenvalue weighted by atomic mass is 10.1. The minimum atomic E-state index is -0.261. The maximum atomic E-state index is 12.4. The summed E-state index contributed by atoms with van der Waals surface area (Å²) in [5, 5.41) is 16.2. The quantitative estimate of drug-likeness (QED) is 0.517. The summed E-state index contributed by atoms with van der Waals surface area (Å²) in [4.78, 5) is 12.4. The topological polar surface area (TPSA) is 89.2 Å². The van der Waals surface area contributed by atoms with E-state index in [1.165, 1.54) is 0 Å². The second kappa shape index (κ2) is 10.5. The van der Waals surface area contributed by atoms with E-state index in [1.54, 1.807) is 18.3 Å². The van der Waals surface area contributed by atoms with Crippen molar-refractivity contribution in [1.29, 1.82) is 5.26 Å². The Hall–Kier alpha value is -3.31. The van der Waals surface area contributed by atoms with Crippen molar-refractivity contribution in [2.45, 2.75) is 20.0 Å². The summed E-state index contributed by atoms with van der Waals surface area (Å²) >= 11 is 3.38. The van der Waals surface area contributed by atoms with Crippen molar-refractivity contribution < 1.29 is 14.3 Å². The van der Waals surface area contributed by atoms with Gasteiger partial charge in [-0.1, -0.05) is 24.3 Å². The molecule has 2 aromatic carbocycles. The molecule has 1 amide bonds. The zero-order chi connectivity index (χ0) is 21.3. The van der Waals surface area contributed by atoms with Gasteiger partial charge in [-0.05, 0) is 46.1 Å². The summed E-state index contributed by atoms with van der Waals surface area (Å²) in [6.45, 7) is 3.09. The first-order valence-corrected chi connectivity index (χ1v) is 10.2. The number of aromatic nitrogens is 2. The molecule has 0 saturated heterocycles. The van der Waals surface area contributed by atoms with Crippen LogP contribution in [0, 0.1) is 11.3 Å². The summed E-state index contributed by atoms with van der Waals surface area (Å²) in [6.07, 6.45) is 3.63. The number of hydrogen-bond acceptors (Lipinski definition) is 5. The van der Waals surface area contributed by atoms with E-state index in [-0.39, 0.29) is 12.5 Å². The molecule has 0 aliphatic rings. The van der Waals surface area contributed by atoms with Gasteiger partial charge in [0.2, 0.25) is 0 Å². The summed E-state index contributed by atoms with van der Waals surface area (Å²) < 4.78 is 13.6. The number of amides is 1. The van der Waals surface area contributed by atoms with E-state index in [2.05, 4.69) is 32.4 Å². The molecule has 1 N–H and O–H groups in total. The molecule has 0 saturated carbocycles. The summed E-state index contributed by atoms with van der Waals surface area (Å²) in [6, 6.07) is 15.1. The zero-order valence-corrected chi connectivity index (χ0v) is 18.1. The Labute approximate surface area is 183 Å². The minimum absolute atomic E-state index is 0.175. The number of carbonyl (C=O) groups is 1. The molecule has 0 spiro atoms. The second-order valence-corrected chi connectivity index (χ2v) is 7.22. The molecule has 30 heavy (non-hydrogen) atoms. The summed E-state index contributed by atoms with van der Waals surface area (Å²) in [5.74, 6) is 0.550. The SMILES string of the molecule is CCOc1cc(C#N)cc(Br)c1OCC(=O)NCc1ccccc1Cn1cccn1. The van der Waals surface area contributed by atoms with Crippen LogP contribution < -0.4 is 14.8 Å². The van der Waals surface area contributed by atoms with Crippen LogP contribution in [0.3, 0.4) is 0 Å². The van der Waals surface area contributed by atoms with Crippen LogP contribution in [0.15, 0.2) is 59.3 Å². The van der Waals surface area contributed by atoms with E-state index in [1.807, 2.05) is 48.1 Å². The monoisotopic (exact) mass is 468 g/mol. The van der Waals surface area contributed by atoms with Gasteiger partial charge in [-0.2, -0.15) is 10.4 Å². The van der Waals surface area contributed by atoms with Gasteiger partial charge in [0.1, 0.15) is 0 Å². The number of carbonyl (C=O) groups excluding carboxylic acids is 1.